The van der Waals surface area contributed by atoms with Gasteiger partial charge in [-0.05, 0) is 41.6 Å². The highest BCUT2D eigenvalue weighted by molar-refractivity contribution is 5.94. The van der Waals surface area contributed by atoms with Crippen LogP contribution in [0.3, 0.4) is 0 Å². The Bertz CT molecular complexity index is 787. The molecule has 28 heavy (non-hydrogen) atoms. The fourth-order valence-electron chi connectivity index (χ4n) is 3.89. The maximum atomic E-state index is 12.5. The van der Waals surface area contributed by atoms with Gasteiger partial charge in [0.15, 0.2) is 5.92 Å². The predicted octanol–water partition coefficient (Wildman–Crippen LogP) is 3.95. The minimum atomic E-state index is -1.11. The first-order chi connectivity index (χ1) is 13.6. The van der Waals surface area contributed by atoms with Crippen molar-refractivity contribution >= 4 is 11.9 Å². The van der Waals surface area contributed by atoms with Gasteiger partial charge in [-0.25, -0.2) is 0 Å². The molecule has 0 aromatic heterocycles. The van der Waals surface area contributed by atoms with Crippen LogP contribution in [0.4, 0.5) is 0 Å². The molecule has 0 bridgehead atoms. The Hall–Kier alpha value is -2.66. The number of rotatable bonds is 10. The van der Waals surface area contributed by atoms with Gasteiger partial charge in [0.1, 0.15) is 6.61 Å². The Kier molecular flexibility index (Phi) is 6.82. The normalized spacial score (nSPS) is 13.6. The summed E-state index contributed by atoms with van der Waals surface area (Å²) in [5.74, 6) is -2.93. The van der Waals surface area contributed by atoms with Gasteiger partial charge in [-0.1, -0.05) is 67.8 Å². The van der Waals surface area contributed by atoms with Crippen LogP contribution in [-0.2, 0) is 14.3 Å². The molecule has 5 heteroatoms. The third-order valence-electron chi connectivity index (χ3n) is 5.38. The SMILES string of the molecule is NCCCCCCC(C(=O)O)C(=O)OCC1c2ccccc2-c2ccccc21. The van der Waals surface area contributed by atoms with Crippen LogP contribution in [0, 0.1) is 5.92 Å². The van der Waals surface area contributed by atoms with Crippen molar-refractivity contribution in [3.05, 3.63) is 59.7 Å². The van der Waals surface area contributed by atoms with Gasteiger partial charge in [0, 0.05) is 5.92 Å². The minimum absolute atomic E-state index is 0.0599. The fraction of sp³-hybridized carbons (Fsp3) is 0.391. The zero-order valence-electron chi connectivity index (χ0n) is 16.0. The molecule has 0 amide bonds. The average molecular weight is 381 g/mol. The molecule has 1 aliphatic rings. The lowest BCUT2D eigenvalue weighted by atomic mass is 9.97. The summed E-state index contributed by atoms with van der Waals surface area (Å²) in [6, 6.07) is 16.2. The number of aliphatic carboxylic acids is 1. The van der Waals surface area contributed by atoms with Crippen LogP contribution < -0.4 is 5.73 Å². The Morgan fingerprint density at radius 2 is 1.50 bits per heavy atom. The van der Waals surface area contributed by atoms with Crippen molar-refractivity contribution in [3.63, 3.8) is 0 Å². The van der Waals surface area contributed by atoms with E-state index in [0.29, 0.717) is 19.4 Å². The van der Waals surface area contributed by atoms with Crippen LogP contribution in [0.5, 0.6) is 0 Å². The average Bonchev–Trinajstić information content (AvgIpc) is 3.02. The molecule has 1 atom stereocenters. The number of fused-ring (bicyclic) bond motifs is 3. The first kappa shape index (κ1) is 20.1. The maximum absolute atomic E-state index is 12.5. The van der Waals surface area contributed by atoms with E-state index in [1.165, 1.54) is 0 Å². The van der Waals surface area contributed by atoms with Crippen LogP contribution in [-0.4, -0.2) is 30.2 Å². The number of esters is 1. The number of carboxylic acids is 1. The molecule has 148 valence electrons. The van der Waals surface area contributed by atoms with E-state index in [1.54, 1.807) is 0 Å². The van der Waals surface area contributed by atoms with E-state index in [9.17, 15) is 14.7 Å². The lowest BCUT2D eigenvalue weighted by Crippen LogP contribution is -2.27. The molecule has 2 aromatic rings. The van der Waals surface area contributed by atoms with Gasteiger partial charge in [-0.3, -0.25) is 9.59 Å². The lowest BCUT2D eigenvalue weighted by molar-refractivity contribution is -0.159. The van der Waals surface area contributed by atoms with Crippen molar-refractivity contribution in [2.75, 3.05) is 13.2 Å². The van der Waals surface area contributed by atoms with Crippen LogP contribution in [0.2, 0.25) is 0 Å². The topological polar surface area (TPSA) is 89.6 Å². The van der Waals surface area contributed by atoms with Crippen LogP contribution in [0.1, 0.15) is 49.1 Å². The number of benzene rings is 2. The Morgan fingerprint density at radius 1 is 0.929 bits per heavy atom. The molecule has 1 aliphatic carbocycles. The highest BCUT2D eigenvalue weighted by Crippen LogP contribution is 2.44. The van der Waals surface area contributed by atoms with E-state index >= 15 is 0 Å². The molecule has 5 nitrogen and oxygen atoms in total. The van der Waals surface area contributed by atoms with E-state index in [-0.39, 0.29) is 12.5 Å². The lowest BCUT2D eigenvalue weighted by Gasteiger charge is -2.17. The van der Waals surface area contributed by atoms with Gasteiger partial charge in [-0.15, -0.1) is 0 Å². The zero-order chi connectivity index (χ0) is 19.9. The molecular formula is C23H27NO4. The molecule has 3 N–H and O–H groups in total. The summed E-state index contributed by atoms with van der Waals surface area (Å²) in [5, 5.41) is 9.43. The second kappa shape index (κ2) is 9.51. The molecule has 3 rings (SSSR count). The van der Waals surface area contributed by atoms with E-state index in [1.807, 2.05) is 36.4 Å². The molecule has 0 aliphatic heterocycles. The van der Waals surface area contributed by atoms with Crippen molar-refractivity contribution in [1.82, 2.24) is 0 Å². The Balaban J connectivity index is 1.64. The summed E-state index contributed by atoms with van der Waals surface area (Å²) in [6.45, 7) is 0.790. The van der Waals surface area contributed by atoms with Gasteiger partial charge < -0.3 is 15.6 Å². The second-order valence-electron chi connectivity index (χ2n) is 7.24. The fourth-order valence-corrected chi connectivity index (χ4v) is 3.89. The monoisotopic (exact) mass is 381 g/mol. The number of hydrogen-bond acceptors (Lipinski definition) is 4. The molecule has 0 fully saturated rings. The molecule has 1 unspecified atom stereocenters. The van der Waals surface area contributed by atoms with Crippen LogP contribution >= 0.6 is 0 Å². The van der Waals surface area contributed by atoms with Gasteiger partial charge in [0.2, 0.25) is 0 Å². The third kappa shape index (κ3) is 4.42. The van der Waals surface area contributed by atoms with Crippen LogP contribution in [0.15, 0.2) is 48.5 Å². The quantitative estimate of drug-likeness (QED) is 0.369. The Labute approximate surface area is 165 Å². The molecule has 0 saturated carbocycles. The maximum Gasteiger partial charge on any atom is 0.320 e. The highest BCUT2D eigenvalue weighted by atomic mass is 16.5. The first-order valence-electron chi connectivity index (χ1n) is 9.91. The van der Waals surface area contributed by atoms with Crippen molar-refractivity contribution in [1.29, 1.82) is 0 Å². The van der Waals surface area contributed by atoms with Crippen molar-refractivity contribution in [2.45, 2.75) is 38.0 Å². The van der Waals surface area contributed by atoms with E-state index < -0.39 is 17.9 Å². The number of carboxylic acid groups (broad SMARTS) is 1. The van der Waals surface area contributed by atoms with Crippen molar-refractivity contribution in [2.24, 2.45) is 11.7 Å². The predicted molar refractivity (Wildman–Crippen MR) is 108 cm³/mol. The molecule has 2 aromatic carbocycles. The van der Waals surface area contributed by atoms with Gasteiger partial charge >= 0.3 is 11.9 Å². The van der Waals surface area contributed by atoms with Crippen molar-refractivity contribution < 1.29 is 19.4 Å². The summed E-state index contributed by atoms with van der Waals surface area (Å²) in [6.07, 6.45) is 3.73. The number of hydrogen-bond donors (Lipinski definition) is 2. The molecule has 0 saturated heterocycles. The summed E-state index contributed by atoms with van der Waals surface area (Å²) < 4.78 is 5.50. The molecule has 0 spiro atoms. The zero-order valence-corrected chi connectivity index (χ0v) is 16.0. The van der Waals surface area contributed by atoms with Gasteiger partial charge in [0.05, 0.1) is 0 Å². The third-order valence-corrected chi connectivity index (χ3v) is 5.38. The molecule has 0 radical (unpaired) electrons. The van der Waals surface area contributed by atoms with E-state index in [0.717, 1.165) is 41.5 Å². The summed E-state index contributed by atoms with van der Waals surface area (Å²) in [4.78, 5) is 24.0. The minimum Gasteiger partial charge on any atom is -0.481 e. The number of carbonyl (C=O) groups excluding carboxylic acids is 1. The smallest absolute Gasteiger partial charge is 0.320 e. The van der Waals surface area contributed by atoms with E-state index in [4.69, 9.17) is 10.5 Å². The molecular weight excluding hydrogens is 354 g/mol. The number of carbonyl (C=O) groups is 2. The van der Waals surface area contributed by atoms with E-state index in [2.05, 4.69) is 12.1 Å². The van der Waals surface area contributed by atoms with Gasteiger partial charge in [0.25, 0.3) is 0 Å². The number of ether oxygens (including phenoxy) is 1. The van der Waals surface area contributed by atoms with Crippen LogP contribution in [0.25, 0.3) is 11.1 Å². The largest absolute Gasteiger partial charge is 0.481 e. The number of nitrogens with two attached hydrogens (primary N) is 1. The Morgan fingerprint density at radius 3 is 2.07 bits per heavy atom. The highest BCUT2D eigenvalue weighted by Gasteiger charge is 2.32. The summed E-state index contributed by atoms with van der Waals surface area (Å²) >= 11 is 0. The standard InChI is InChI=1S/C23H27NO4/c24-14-8-2-1-3-13-20(22(25)26)23(27)28-15-21-18-11-6-4-9-16(18)17-10-5-7-12-19(17)21/h4-7,9-12,20-21H,1-3,8,13-15,24H2,(H,25,26). The second-order valence-corrected chi connectivity index (χ2v) is 7.24. The molecule has 0 heterocycles. The summed E-state index contributed by atoms with van der Waals surface area (Å²) in [7, 11) is 0. The summed E-state index contributed by atoms with van der Waals surface area (Å²) in [5.41, 5.74) is 9.99. The first-order valence-corrected chi connectivity index (χ1v) is 9.91. The van der Waals surface area contributed by atoms with Gasteiger partial charge in [-0.2, -0.15) is 0 Å². The number of unbranched alkanes of at least 4 members (excludes halogenated alkanes) is 3. The van der Waals surface area contributed by atoms with Crippen molar-refractivity contribution in [3.8, 4) is 11.1 Å².